The van der Waals surface area contributed by atoms with Gasteiger partial charge in [-0.25, -0.2) is 4.39 Å². The van der Waals surface area contributed by atoms with Gasteiger partial charge in [0.2, 0.25) is 0 Å². The van der Waals surface area contributed by atoms with Gasteiger partial charge in [0, 0.05) is 43.2 Å². The second kappa shape index (κ2) is 12.4. The second-order valence-electron chi connectivity index (χ2n) is 8.44. The maximum atomic E-state index is 13.4. The summed E-state index contributed by atoms with van der Waals surface area (Å²) in [5, 5.41) is 17.7. The summed E-state index contributed by atoms with van der Waals surface area (Å²) in [4.78, 5) is 6.77. The van der Waals surface area contributed by atoms with Crippen LogP contribution in [0.4, 0.5) is 4.39 Å². The molecule has 0 saturated carbocycles. The number of nitrogens with zero attached hydrogens (tertiary/aromatic N) is 2. The molecule has 2 rings (SSSR count). The normalized spacial score (nSPS) is 17.8. The standard InChI is InChI=1S/C21H34ClFN4O2.HI/c1-5-24-19(26-14-21(4,28)15-27-8-10-29-11-9-27)25-13-20(2,3)17-7-6-16(23)12-18(17)22;/h6-7,12,28H,5,8-11,13-15H2,1-4H3,(H2,24,25,26);1H. The number of guanidine groups is 1. The number of aliphatic hydroxyl groups is 1. The summed E-state index contributed by atoms with van der Waals surface area (Å²) in [5.41, 5.74) is -0.407. The fourth-order valence-corrected chi connectivity index (χ4v) is 3.74. The number of halogens is 3. The van der Waals surface area contributed by atoms with Crippen molar-refractivity contribution in [2.75, 3.05) is 52.5 Å². The third kappa shape index (κ3) is 8.82. The van der Waals surface area contributed by atoms with Crippen LogP contribution in [0.2, 0.25) is 5.02 Å². The third-order valence-electron chi connectivity index (χ3n) is 4.95. The van der Waals surface area contributed by atoms with Gasteiger partial charge in [-0.15, -0.1) is 24.0 Å². The van der Waals surface area contributed by atoms with Crippen LogP contribution in [0.15, 0.2) is 23.2 Å². The van der Waals surface area contributed by atoms with E-state index in [1.807, 2.05) is 20.8 Å². The van der Waals surface area contributed by atoms with E-state index in [9.17, 15) is 9.50 Å². The molecule has 0 radical (unpaired) electrons. The molecule has 1 fully saturated rings. The Kier molecular flexibility index (Phi) is 11.3. The molecule has 1 aliphatic heterocycles. The Bertz CT molecular complexity index is 698. The quantitative estimate of drug-likeness (QED) is 0.261. The maximum Gasteiger partial charge on any atom is 0.191 e. The molecule has 1 unspecified atom stereocenters. The fraction of sp³-hybridized carbons (Fsp3) is 0.667. The molecule has 1 heterocycles. The minimum atomic E-state index is -0.935. The molecule has 1 aromatic carbocycles. The van der Waals surface area contributed by atoms with Crippen molar-refractivity contribution in [1.29, 1.82) is 0 Å². The number of hydrogen-bond donors (Lipinski definition) is 3. The molecular weight excluding hydrogens is 522 g/mol. The monoisotopic (exact) mass is 556 g/mol. The zero-order valence-corrected chi connectivity index (χ0v) is 21.4. The van der Waals surface area contributed by atoms with Crippen molar-refractivity contribution in [1.82, 2.24) is 15.5 Å². The van der Waals surface area contributed by atoms with Crippen molar-refractivity contribution >= 4 is 41.5 Å². The lowest BCUT2D eigenvalue weighted by Crippen LogP contribution is -2.48. The van der Waals surface area contributed by atoms with Crippen LogP contribution in [0, 0.1) is 5.82 Å². The summed E-state index contributed by atoms with van der Waals surface area (Å²) in [5.74, 6) is 0.279. The van der Waals surface area contributed by atoms with Gasteiger partial charge in [-0.05, 0) is 31.5 Å². The molecule has 172 valence electrons. The van der Waals surface area contributed by atoms with E-state index in [0.717, 1.165) is 18.7 Å². The van der Waals surface area contributed by atoms with Crippen LogP contribution < -0.4 is 10.6 Å². The van der Waals surface area contributed by atoms with Crippen molar-refractivity contribution in [3.8, 4) is 0 Å². The first-order valence-electron chi connectivity index (χ1n) is 10.1. The predicted octanol–water partition coefficient (Wildman–Crippen LogP) is 3.01. The van der Waals surface area contributed by atoms with Crippen molar-refractivity contribution < 1.29 is 14.2 Å². The smallest absolute Gasteiger partial charge is 0.191 e. The Morgan fingerprint density at radius 3 is 2.53 bits per heavy atom. The topological polar surface area (TPSA) is 69.1 Å². The van der Waals surface area contributed by atoms with Crippen molar-refractivity contribution in [2.45, 2.75) is 38.7 Å². The van der Waals surface area contributed by atoms with Crippen LogP contribution in [-0.4, -0.2) is 74.0 Å². The van der Waals surface area contributed by atoms with Crippen LogP contribution in [-0.2, 0) is 10.2 Å². The van der Waals surface area contributed by atoms with Crippen molar-refractivity contribution in [2.24, 2.45) is 4.99 Å². The number of nitrogens with one attached hydrogen (secondary N) is 2. The van der Waals surface area contributed by atoms with Gasteiger partial charge in [0.25, 0.3) is 0 Å². The summed E-state index contributed by atoms with van der Waals surface area (Å²) >= 11 is 6.24. The average Bonchev–Trinajstić information content (AvgIpc) is 2.64. The lowest BCUT2D eigenvalue weighted by molar-refractivity contribution is -0.0179. The van der Waals surface area contributed by atoms with E-state index in [2.05, 4.69) is 20.5 Å². The first-order valence-corrected chi connectivity index (χ1v) is 10.5. The highest BCUT2D eigenvalue weighted by molar-refractivity contribution is 14.0. The Morgan fingerprint density at radius 2 is 1.93 bits per heavy atom. The molecule has 1 aromatic rings. The Morgan fingerprint density at radius 1 is 1.27 bits per heavy atom. The van der Waals surface area contributed by atoms with Gasteiger partial charge in [0.1, 0.15) is 5.82 Å². The Hall–Kier alpha value is -0.680. The molecule has 0 aliphatic carbocycles. The SMILES string of the molecule is CCNC(=NCC(C)(O)CN1CCOCC1)NCC(C)(C)c1ccc(F)cc1Cl.I. The number of hydrogen-bond acceptors (Lipinski definition) is 4. The highest BCUT2D eigenvalue weighted by atomic mass is 127. The van der Waals surface area contributed by atoms with Crippen molar-refractivity contribution in [3.05, 3.63) is 34.6 Å². The summed E-state index contributed by atoms with van der Waals surface area (Å²) in [6.45, 7) is 13.0. The molecule has 3 N–H and O–H groups in total. The molecule has 0 aromatic heterocycles. The minimum Gasteiger partial charge on any atom is -0.387 e. The number of aliphatic imine (C=N–C) groups is 1. The molecule has 0 bridgehead atoms. The molecule has 6 nitrogen and oxygen atoms in total. The zero-order valence-electron chi connectivity index (χ0n) is 18.3. The number of benzene rings is 1. The fourth-order valence-electron chi connectivity index (χ4n) is 3.32. The van der Waals surface area contributed by atoms with Gasteiger partial charge < -0.3 is 20.5 Å². The van der Waals surface area contributed by atoms with Gasteiger partial charge in [0.15, 0.2) is 5.96 Å². The first kappa shape index (κ1) is 27.4. The molecule has 1 atom stereocenters. The van der Waals surface area contributed by atoms with Gasteiger partial charge >= 0.3 is 0 Å². The lowest BCUT2D eigenvalue weighted by Gasteiger charge is -2.33. The minimum absolute atomic E-state index is 0. The van der Waals surface area contributed by atoms with Crippen LogP contribution in [0.3, 0.4) is 0 Å². The highest BCUT2D eigenvalue weighted by Crippen LogP contribution is 2.29. The summed E-state index contributed by atoms with van der Waals surface area (Å²) in [6.07, 6.45) is 0. The zero-order chi connectivity index (χ0) is 21.5. The van der Waals surface area contributed by atoms with Gasteiger partial charge in [-0.1, -0.05) is 31.5 Å². The van der Waals surface area contributed by atoms with E-state index < -0.39 is 5.60 Å². The largest absolute Gasteiger partial charge is 0.387 e. The number of ether oxygens (including phenoxy) is 1. The van der Waals surface area contributed by atoms with E-state index in [1.165, 1.54) is 12.1 Å². The van der Waals surface area contributed by atoms with Gasteiger partial charge in [-0.3, -0.25) is 9.89 Å². The van der Waals surface area contributed by atoms with E-state index in [0.29, 0.717) is 43.8 Å². The summed E-state index contributed by atoms with van der Waals surface area (Å²) in [7, 11) is 0. The van der Waals surface area contributed by atoms with E-state index in [-0.39, 0.29) is 41.8 Å². The third-order valence-corrected chi connectivity index (χ3v) is 5.26. The molecule has 9 heteroatoms. The average molecular weight is 557 g/mol. The lowest BCUT2D eigenvalue weighted by atomic mass is 9.84. The van der Waals surface area contributed by atoms with E-state index in [4.69, 9.17) is 16.3 Å². The van der Waals surface area contributed by atoms with Gasteiger partial charge in [0.05, 0.1) is 25.4 Å². The number of morpholine rings is 1. The molecular formula is C21H35ClFIN4O2. The van der Waals surface area contributed by atoms with Gasteiger partial charge in [-0.2, -0.15) is 0 Å². The maximum absolute atomic E-state index is 13.4. The number of rotatable bonds is 8. The molecule has 30 heavy (non-hydrogen) atoms. The van der Waals surface area contributed by atoms with Crippen LogP contribution in [0.25, 0.3) is 0 Å². The first-order chi connectivity index (χ1) is 13.6. The molecule has 1 aliphatic rings. The Balaban J connectivity index is 0.00000450. The number of β-amino-alcohol motifs (C(OH)–C–C–N with tert-alkyl or cyclic N) is 1. The van der Waals surface area contributed by atoms with E-state index >= 15 is 0 Å². The Labute approximate surface area is 201 Å². The highest BCUT2D eigenvalue weighted by Gasteiger charge is 2.26. The van der Waals surface area contributed by atoms with Crippen LogP contribution in [0.5, 0.6) is 0 Å². The summed E-state index contributed by atoms with van der Waals surface area (Å²) < 4.78 is 18.7. The molecule has 0 spiro atoms. The second-order valence-corrected chi connectivity index (χ2v) is 8.85. The molecule has 0 amide bonds. The van der Waals surface area contributed by atoms with Crippen molar-refractivity contribution in [3.63, 3.8) is 0 Å². The predicted molar refractivity (Wildman–Crippen MR) is 132 cm³/mol. The molecule has 1 saturated heterocycles. The van der Waals surface area contributed by atoms with E-state index in [1.54, 1.807) is 13.0 Å². The summed E-state index contributed by atoms with van der Waals surface area (Å²) in [6, 6.07) is 4.47. The van der Waals surface area contributed by atoms with Crippen LogP contribution >= 0.6 is 35.6 Å². The van der Waals surface area contributed by atoms with Crippen LogP contribution in [0.1, 0.15) is 33.3 Å².